The van der Waals surface area contributed by atoms with E-state index in [1.165, 1.54) is 24.6 Å². The summed E-state index contributed by atoms with van der Waals surface area (Å²) in [4.78, 5) is 22.6. The van der Waals surface area contributed by atoms with Gasteiger partial charge in [-0.25, -0.2) is 9.59 Å². The van der Waals surface area contributed by atoms with Crippen LogP contribution in [0.15, 0.2) is 17.0 Å². The van der Waals surface area contributed by atoms with Crippen LogP contribution >= 0.6 is 0 Å². The molecule has 5 nitrogen and oxygen atoms in total. The van der Waals surface area contributed by atoms with Gasteiger partial charge in [0.1, 0.15) is 11.3 Å². The molecule has 0 bridgehead atoms. The van der Waals surface area contributed by atoms with E-state index in [9.17, 15) is 18.9 Å². The Hall–Kier alpha value is -1.69. The number of hydrogen-bond acceptors (Lipinski definition) is 5. The average molecular weight is 242 g/mol. The van der Waals surface area contributed by atoms with Gasteiger partial charge in [-0.2, -0.15) is 0 Å². The summed E-state index contributed by atoms with van der Waals surface area (Å²) in [5.41, 5.74) is -0.175. The van der Waals surface area contributed by atoms with Crippen LogP contribution in [0.5, 0.6) is 5.75 Å². The van der Waals surface area contributed by atoms with Crippen LogP contribution in [0.1, 0.15) is 20.7 Å². The minimum absolute atomic E-state index is 0.0136. The molecule has 2 rings (SSSR count). The van der Waals surface area contributed by atoms with E-state index in [0.29, 0.717) is 0 Å². The number of benzene rings is 1. The summed E-state index contributed by atoms with van der Waals surface area (Å²) in [6.45, 7) is 0. The molecule has 1 aromatic carbocycles. The Kier molecular flexibility index (Phi) is 2.13. The number of fused-ring (bicyclic) bond motifs is 1. The standard InChI is InChI=1S/C10H10O5S/c1-16(2,14)6-4-3-5-7(8(6)11)10(13)15-9(5)12/h3-4,11,16H,1-2H3. The molecular formula is C10H10O5S. The number of carbonyl (C=O) groups is 2. The van der Waals surface area contributed by atoms with E-state index in [1.807, 2.05) is 0 Å². The Morgan fingerprint density at radius 1 is 1.19 bits per heavy atom. The fourth-order valence-electron chi connectivity index (χ4n) is 1.58. The third-order valence-electron chi connectivity index (χ3n) is 2.35. The van der Waals surface area contributed by atoms with Gasteiger partial charge in [0.2, 0.25) is 0 Å². The lowest BCUT2D eigenvalue weighted by atomic mass is 10.1. The molecule has 1 N–H and O–H groups in total. The first-order valence-electron chi connectivity index (χ1n) is 4.50. The van der Waals surface area contributed by atoms with Gasteiger partial charge in [0, 0.05) is 0 Å². The zero-order valence-electron chi connectivity index (χ0n) is 8.68. The minimum atomic E-state index is -2.70. The van der Waals surface area contributed by atoms with Gasteiger partial charge < -0.3 is 9.84 Å². The fraction of sp³-hybridized carbons (Fsp3) is 0.200. The third-order valence-corrected chi connectivity index (χ3v) is 3.87. The van der Waals surface area contributed by atoms with Crippen LogP contribution in [0, 0.1) is 0 Å². The van der Waals surface area contributed by atoms with Crippen LogP contribution in [0.25, 0.3) is 0 Å². The number of aromatic hydroxyl groups is 1. The van der Waals surface area contributed by atoms with Gasteiger partial charge in [-0.05, 0) is 24.6 Å². The Labute approximate surface area is 92.5 Å². The van der Waals surface area contributed by atoms with E-state index in [2.05, 4.69) is 4.74 Å². The summed E-state index contributed by atoms with van der Waals surface area (Å²) in [5.74, 6) is -2.10. The van der Waals surface area contributed by atoms with E-state index in [0.717, 1.165) is 0 Å². The van der Waals surface area contributed by atoms with Crippen molar-refractivity contribution in [3.8, 4) is 5.75 Å². The summed E-state index contributed by atoms with van der Waals surface area (Å²) in [6, 6.07) is 2.73. The molecule has 1 aliphatic heterocycles. The van der Waals surface area contributed by atoms with Crippen molar-refractivity contribution in [2.24, 2.45) is 0 Å². The Morgan fingerprint density at radius 3 is 2.38 bits per heavy atom. The lowest BCUT2D eigenvalue weighted by molar-refractivity contribution is 0.0443. The largest absolute Gasteiger partial charge is 0.506 e. The van der Waals surface area contributed by atoms with Crippen LogP contribution < -0.4 is 0 Å². The van der Waals surface area contributed by atoms with E-state index in [-0.39, 0.29) is 16.0 Å². The lowest BCUT2D eigenvalue weighted by Gasteiger charge is -2.14. The van der Waals surface area contributed by atoms with Gasteiger partial charge in [0.15, 0.2) is 0 Å². The Bertz CT molecular complexity index is 555. The van der Waals surface area contributed by atoms with Crippen molar-refractivity contribution < 1.29 is 23.6 Å². The van der Waals surface area contributed by atoms with Gasteiger partial charge in [-0.15, -0.1) is 0 Å². The molecule has 0 amide bonds. The smallest absolute Gasteiger partial charge is 0.350 e. The molecule has 1 aliphatic rings. The van der Waals surface area contributed by atoms with Crippen molar-refractivity contribution >= 4 is 21.9 Å². The van der Waals surface area contributed by atoms with Crippen LogP contribution in [-0.2, 0) is 14.7 Å². The number of hydrogen-bond donors (Lipinski definition) is 2. The fourth-order valence-corrected chi connectivity index (χ4v) is 2.64. The number of phenols is 1. The van der Waals surface area contributed by atoms with E-state index < -0.39 is 27.6 Å². The van der Waals surface area contributed by atoms with Gasteiger partial charge >= 0.3 is 11.9 Å². The molecule has 0 saturated heterocycles. The zero-order chi connectivity index (χ0) is 12.1. The quantitative estimate of drug-likeness (QED) is 0.421. The highest BCUT2D eigenvalue weighted by Gasteiger charge is 2.34. The average Bonchev–Trinajstić information content (AvgIpc) is 2.41. The first kappa shape index (κ1) is 10.8. The number of cyclic esters (lactones) is 2. The topological polar surface area (TPSA) is 80.7 Å². The molecule has 0 saturated carbocycles. The minimum Gasteiger partial charge on any atom is -0.506 e. The molecule has 0 fully saturated rings. The summed E-state index contributed by atoms with van der Waals surface area (Å²) in [5, 5.41) is 9.81. The molecule has 1 heterocycles. The molecular weight excluding hydrogens is 232 g/mol. The van der Waals surface area contributed by atoms with E-state index in [1.54, 1.807) is 0 Å². The molecule has 0 aromatic heterocycles. The molecule has 0 aliphatic carbocycles. The van der Waals surface area contributed by atoms with Crippen molar-refractivity contribution in [2.75, 3.05) is 12.5 Å². The van der Waals surface area contributed by atoms with Crippen molar-refractivity contribution in [1.82, 2.24) is 0 Å². The van der Waals surface area contributed by atoms with E-state index >= 15 is 0 Å². The summed E-state index contributed by atoms with van der Waals surface area (Å²) >= 11 is 0. The predicted octanol–water partition coefficient (Wildman–Crippen LogP) is 0.338. The maximum absolute atomic E-state index is 11.8. The van der Waals surface area contributed by atoms with Crippen LogP contribution in [-0.4, -0.2) is 33.8 Å². The first-order chi connectivity index (χ1) is 7.32. The van der Waals surface area contributed by atoms with E-state index in [4.69, 9.17) is 0 Å². The number of thiol groups is 1. The number of esters is 2. The SMILES string of the molecule is C[SH](C)(=O)c1ccc2c(c1O)C(=O)OC2=O. The Balaban J connectivity index is 2.76. The summed E-state index contributed by atoms with van der Waals surface area (Å²) in [6.07, 6.45) is 2.94. The molecule has 0 atom stereocenters. The highest BCUT2D eigenvalue weighted by molar-refractivity contribution is 8.01. The molecule has 0 radical (unpaired) electrons. The van der Waals surface area contributed by atoms with Crippen LogP contribution in [0.4, 0.5) is 0 Å². The number of rotatable bonds is 1. The second kappa shape index (κ2) is 3.15. The predicted molar refractivity (Wildman–Crippen MR) is 57.5 cm³/mol. The van der Waals surface area contributed by atoms with Gasteiger partial charge in [-0.3, -0.25) is 4.21 Å². The summed E-state index contributed by atoms with van der Waals surface area (Å²) < 4.78 is 16.2. The zero-order valence-corrected chi connectivity index (χ0v) is 9.58. The third kappa shape index (κ3) is 1.42. The van der Waals surface area contributed by atoms with Crippen molar-refractivity contribution in [3.63, 3.8) is 0 Å². The van der Waals surface area contributed by atoms with Gasteiger partial charge in [0.05, 0.1) is 10.5 Å². The molecule has 16 heavy (non-hydrogen) atoms. The lowest BCUT2D eigenvalue weighted by Crippen LogP contribution is -2.08. The number of phenolic OH excluding ortho intramolecular Hbond substituents is 1. The summed E-state index contributed by atoms with van der Waals surface area (Å²) in [7, 11) is -2.70. The van der Waals surface area contributed by atoms with Crippen molar-refractivity contribution in [2.45, 2.75) is 4.90 Å². The second-order valence-electron chi connectivity index (χ2n) is 3.88. The molecule has 0 spiro atoms. The van der Waals surface area contributed by atoms with Crippen LogP contribution in [0.3, 0.4) is 0 Å². The van der Waals surface area contributed by atoms with Gasteiger partial charge in [0.25, 0.3) is 0 Å². The maximum Gasteiger partial charge on any atom is 0.350 e. The molecule has 86 valence electrons. The highest BCUT2D eigenvalue weighted by Crippen LogP contribution is 2.35. The monoisotopic (exact) mass is 242 g/mol. The van der Waals surface area contributed by atoms with Crippen molar-refractivity contribution in [3.05, 3.63) is 23.3 Å². The Morgan fingerprint density at radius 2 is 1.81 bits per heavy atom. The van der Waals surface area contributed by atoms with Crippen LogP contribution in [0.2, 0.25) is 0 Å². The highest BCUT2D eigenvalue weighted by atomic mass is 32.2. The molecule has 0 unspecified atom stereocenters. The second-order valence-corrected chi connectivity index (χ2v) is 7.07. The molecule has 6 heteroatoms. The molecule has 1 aromatic rings. The number of carbonyl (C=O) groups excluding carboxylic acids is 2. The first-order valence-corrected chi connectivity index (χ1v) is 7.10. The maximum atomic E-state index is 11.8. The number of ether oxygens (including phenoxy) is 1. The van der Waals surface area contributed by atoms with Crippen molar-refractivity contribution in [1.29, 1.82) is 0 Å². The van der Waals surface area contributed by atoms with Gasteiger partial charge in [-0.1, -0.05) is 9.93 Å². The normalized spacial score (nSPS) is 15.9.